The number of piperazine rings is 1. The fourth-order valence-corrected chi connectivity index (χ4v) is 4.15. The highest BCUT2D eigenvalue weighted by atomic mass is 32.1. The molecule has 1 aliphatic heterocycles. The van der Waals surface area contributed by atoms with E-state index < -0.39 is 0 Å². The summed E-state index contributed by atoms with van der Waals surface area (Å²) in [4.78, 5) is 21.5. The van der Waals surface area contributed by atoms with Crippen LogP contribution < -0.4 is 5.32 Å². The van der Waals surface area contributed by atoms with E-state index in [0.717, 1.165) is 49.0 Å². The topological polar surface area (TPSA) is 48.5 Å². The highest BCUT2D eigenvalue weighted by molar-refractivity contribution is 7.09. The molecule has 2 heterocycles. The molecule has 5 nitrogen and oxygen atoms in total. The van der Waals surface area contributed by atoms with Crippen molar-refractivity contribution in [3.63, 3.8) is 0 Å². The molecule has 1 aromatic carbocycles. The summed E-state index contributed by atoms with van der Waals surface area (Å²) in [5, 5.41) is 6.23. The molecule has 1 saturated heterocycles. The Morgan fingerprint density at radius 3 is 2.39 bits per heavy atom. The maximum absolute atomic E-state index is 12.9. The number of nitrogens with one attached hydrogen (secondary N) is 1. The van der Waals surface area contributed by atoms with Gasteiger partial charge in [-0.15, -0.1) is 11.3 Å². The molecule has 1 N–H and O–H groups in total. The Morgan fingerprint density at radius 1 is 1.14 bits per heavy atom. The maximum Gasteiger partial charge on any atom is 0.234 e. The number of hydrogen-bond acceptors (Lipinski definition) is 5. The summed E-state index contributed by atoms with van der Waals surface area (Å²) in [6, 6.07) is 6.21. The predicted octanol–water partition coefficient (Wildman–Crippen LogP) is 3.01. The number of carbonyl (C=O) groups excluding carboxylic acids is 1. The molecule has 0 radical (unpaired) electrons. The molecule has 0 aliphatic carbocycles. The van der Waals surface area contributed by atoms with Crippen LogP contribution in [-0.4, -0.2) is 53.4 Å². The van der Waals surface area contributed by atoms with Gasteiger partial charge in [-0.05, 0) is 17.7 Å². The number of benzene rings is 1. The molecule has 1 fully saturated rings. The first kappa shape index (κ1) is 20.9. The van der Waals surface area contributed by atoms with Crippen molar-refractivity contribution in [2.24, 2.45) is 0 Å². The van der Waals surface area contributed by atoms with Gasteiger partial charge in [0.25, 0.3) is 0 Å². The monoisotopic (exact) mass is 404 g/mol. The Kier molecular flexibility index (Phi) is 6.80. The summed E-state index contributed by atoms with van der Waals surface area (Å²) >= 11 is 1.73. The zero-order valence-corrected chi connectivity index (χ0v) is 17.7. The smallest absolute Gasteiger partial charge is 0.234 e. The SMILES string of the molecule is CC(C)(C)c1csc(CN2CCN(CC(=O)NCc3ccc(F)cc3)CC2)n1. The molecule has 0 bridgehead atoms. The number of carbonyl (C=O) groups is 1. The van der Waals surface area contributed by atoms with Gasteiger partial charge in [0.1, 0.15) is 10.8 Å². The lowest BCUT2D eigenvalue weighted by Gasteiger charge is -2.33. The van der Waals surface area contributed by atoms with Crippen LogP contribution in [0.5, 0.6) is 0 Å². The highest BCUT2D eigenvalue weighted by Crippen LogP contribution is 2.24. The van der Waals surface area contributed by atoms with Crippen molar-refractivity contribution in [1.29, 1.82) is 0 Å². The summed E-state index contributed by atoms with van der Waals surface area (Å²) in [6.45, 7) is 11.9. The zero-order chi connectivity index (χ0) is 20.1. The average Bonchev–Trinajstić information content (AvgIpc) is 3.12. The van der Waals surface area contributed by atoms with E-state index in [0.29, 0.717) is 13.1 Å². The van der Waals surface area contributed by atoms with Gasteiger partial charge in [0.2, 0.25) is 5.91 Å². The van der Waals surface area contributed by atoms with Crippen LogP contribution in [0.3, 0.4) is 0 Å². The number of rotatable bonds is 6. The minimum absolute atomic E-state index is 0.00696. The third-order valence-corrected chi connectivity index (χ3v) is 5.75. The van der Waals surface area contributed by atoms with E-state index in [1.54, 1.807) is 23.5 Å². The van der Waals surface area contributed by atoms with Crippen molar-refractivity contribution in [3.05, 3.63) is 51.7 Å². The Morgan fingerprint density at radius 2 is 1.79 bits per heavy atom. The molecular weight excluding hydrogens is 375 g/mol. The summed E-state index contributed by atoms with van der Waals surface area (Å²) in [7, 11) is 0. The van der Waals surface area contributed by atoms with Crippen molar-refractivity contribution < 1.29 is 9.18 Å². The molecule has 2 aromatic rings. The minimum atomic E-state index is -0.264. The van der Waals surface area contributed by atoms with E-state index in [4.69, 9.17) is 4.98 Å². The van der Waals surface area contributed by atoms with E-state index in [9.17, 15) is 9.18 Å². The molecule has 0 saturated carbocycles. The summed E-state index contributed by atoms with van der Waals surface area (Å²) in [6.07, 6.45) is 0. The third kappa shape index (κ3) is 6.09. The molecule has 0 spiro atoms. The Hall–Kier alpha value is -1.83. The second-order valence-electron chi connectivity index (χ2n) is 8.33. The van der Waals surface area contributed by atoms with E-state index in [1.807, 2.05) is 0 Å². The average molecular weight is 405 g/mol. The van der Waals surface area contributed by atoms with Gasteiger partial charge in [-0.1, -0.05) is 32.9 Å². The van der Waals surface area contributed by atoms with Crippen LogP contribution in [-0.2, 0) is 23.3 Å². The highest BCUT2D eigenvalue weighted by Gasteiger charge is 2.21. The molecule has 1 amide bonds. The van der Waals surface area contributed by atoms with E-state index >= 15 is 0 Å². The first-order chi connectivity index (χ1) is 13.3. The Labute approximate surface area is 170 Å². The maximum atomic E-state index is 12.9. The molecule has 152 valence electrons. The largest absolute Gasteiger partial charge is 0.351 e. The first-order valence-electron chi connectivity index (χ1n) is 9.70. The van der Waals surface area contributed by atoms with Crippen LogP contribution in [0.1, 0.15) is 37.0 Å². The van der Waals surface area contributed by atoms with Crippen molar-refractivity contribution >= 4 is 17.2 Å². The lowest BCUT2D eigenvalue weighted by molar-refractivity contribution is -0.122. The van der Waals surface area contributed by atoms with Crippen LogP contribution >= 0.6 is 11.3 Å². The second-order valence-corrected chi connectivity index (χ2v) is 9.27. The van der Waals surface area contributed by atoms with Crippen LogP contribution in [0, 0.1) is 5.82 Å². The fraction of sp³-hybridized carbons (Fsp3) is 0.524. The van der Waals surface area contributed by atoms with Crippen LogP contribution in [0.2, 0.25) is 0 Å². The molecule has 0 atom stereocenters. The number of hydrogen-bond donors (Lipinski definition) is 1. The molecule has 1 aliphatic rings. The van der Waals surface area contributed by atoms with Crippen molar-refractivity contribution in [3.8, 4) is 0 Å². The number of nitrogens with zero attached hydrogens (tertiary/aromatic N) is 3. The van der Waals surface area contributed by atoms with Gasteiger partial charge in [0.05, 0.1) is 18.8 Å². The van der Waals surface area contributed by atoms with Gasteiger partial charge in [-0.2, -0.15) is 0 Å². The van der Waals surface area contributed by atoms with Gasteiger partial charge in [0, 0.05) is 43.5 Å². The van der Waals surface area contributed by atoms with E-state index in [-0.39, 0.29) is 17.1 Å². The van der Waals surface area contributed by atoms with E-state index in [1.165, 1.54) is 12.1 Å². The summed E-state index contributed by atoms with van der Waals surface area (Å²) < 4.78 is 12.9. The normalized spacial score (nSPS) is 16.3. The number of amides is 1. The second kappa shape index (κ2) is 9.11. The number of aromatic nitrogens is 1. The molecule has 0 unspecified atom stereocenters. The van der Waals surface area contributed by atoms with Crippen molar-refractivity contribution in [2.75, 3.05) is 32.7 Å². The zero-order valence-electron chi connectivity index (χ0n) is 16.9. The number of thiazole rings is 1. The van der Waals surface area contributed by atoms with Gasteiger partial charge < -0.3 is 5.32 Å². The minimum Gasteiger partial charge on any atom is -0.351 e. The fourth-order valence-electron chi connectivity index (χ4n) is 3.09. The first-order valence-corrected chi connectivity index (χ1v) is 10.6. The summed E-state index contributed by atoms with van der Waals surface area (Å²) in [5.74, 6) is -0.257. The van der Waals surface area contributed by atoms with Crippen LogP contribution in [0.25, 0.3) is 0 Å². The predicted molar refractivity (Wildman–Crippen MR) is 111 cm³/mol. The van der Waals surface area contributed by atoms with Gasteiger partial charge in [-0.3, -0.25) is 14.6 Å². The Balaban J connectivity index is 1.38. The van der Waals surface area contributed by atoms with Gasteiger partial charge >= 0.3 is 0 Å². The molecule has 7 heteroatoms. The molecule has 28 heavy (non-hydrogen) atoms. The third-order valence-electron chi connectivity index (χ3n) is 4.91. The van der Waals surface area contributed by atoms with E-state index in [2.05, 4.69) is 41.3 Å². The van der Waals surface area contributed by atoms with Gasteiger partial charge in [0.15, 0.2) is 0 Å². The van der Waals surface area contributed by atoms with Crippen LogP contribution in [0.4, 0.5) is 4.39 Å². The molecular formula is C21H29FN4OS. The van der Waals surface area contributed by atoms with Gasteiger partial charge in [-0.25, -0.2) is 9.37 Å². The van der Waals surface area contributed by atoms with Crippen molar-refractivity contribution in [2.45, 2.75) is 39.3 Å². The summed E-state index contributed by atoms with van der Waals surface area (Å²) in [5.41, 5.74) is 2.15. The molecule has 3 rings (SSSR count). The lowest BCUT2D eigenvalue weighted by Crippen LogP contribution is -2.49. The standard InChI is InChI=1S/C21H29FN4OS/c1-21(2,3)18-15-28-20(24-18)14-26-10-8-25(9-11-26)13-19(27)23-12-16-4-6-17(22)7-5-16/h4-7,15H,8-14H2,1-3H3,(H,23,27). The Bertz CT molecular complexity index is 776. The quantitative estimate of drug-likeness (QED) is 0.804. The lowest BCUT2D eigenvalue weighted by atomic mass is 9.93. The van der Waals surface area contributed by atoms with Crippen molar-refractivity contribution in [1.82, 2.24) is 20.1 Å². The van der Waals surface area contributed by atoms with Crippen LogP contribution in [0.15, 0.2) is 29.6 Å². The molecule has 1 aromatic heterocycles. The number of halogens is 1.